The second kappa shape index (κ2) is 12.0. The highest BCUT2D eigenvalue weighted by Crippen LogP contribution is 2.28. The van der Waals surface area contributed by atoms with Gasteiger partial charge in [-0.25, -0.2) is 0 Å². The smallest absolute Gasteiger partial charge is 0.268 e. The summed E-state index contributed by atoms with van der Waals surface area (Å²) in [5.41, 5.74) is 1.54. The summed E-state index contributed by atoms with van der Waals surface area (Å²) >= 11 is 1.48. The first kappa shape index (κ1) is 25.1. The summed E-state index contributed by atoms with van der Waals surface area (Å²) < 4.78 is 10.6. The average Bonchev–Trinajstić information content (AvgIpc) is 3.36. The lowest BCUT2D eigenvalue weighted by Gasteiger charge is -2.22. The molecule has 7 heteroatoms. The molecule has 34 heavy (non-hydrogen) atoms. The number of thiophene rings is 1. The minimum Gasteiger partial charge on any atom is -0.493 e. The molecular formula is C27H30N2O4S. The number of ether oxygens (including phenoxy) is 2. The molecule has 0 bridgehead atoms. The quantitative estimate of drug-likeness (QED) is 0.381. The van der Waals surface area contributed by atoms with E-state index in [-0.39, 0.29) is 17.6 Å². The molecule has 0 saturated carbocycles. The second-order valence-corrected chi connectivity index (χ2v) is 9.14. The van der Waals surface area contributed by atoms with Crippen LogP contribution in [0.4, 0.5) is 0 Å². The maximum atomic E-state index is 13.4. The van der Waals surface area contributed by atoms with Crippen LogP contribution >= 0.6 is 11.3 Å². The lowest BCUT2D eigenvalue weighted by Crippen LogP contribution is -2.37. The zero-order valence-corrected chi connectivity index (χ0v) is 20.6. The van der Waals surface area contributed by atoms with Crippen LogP contribution in [0.1, 0.15) is 47.1 Å². The number of rotatable bonds is 10. The van der Waals surface area contributed by atoms with Crippen molar-refractivity contribution in [1.29, 1.82) is 0 Å². The average molecular weight is 479 g/mol. The monoisotopic (exact) mass is 478 g/mol. The largest absolute Gasteiger partial charge is 0.493 e. The molecule has 0 spiro atoms. The summed E-state index contributed by atoms with van der Waals surface area (Å²) in [6.07, 6.45) is 2.46. The predicted molar refractivity (Wildman–Crippen MR) is 136 cm³/mol. The van der Waals surface area contributed by atoms with Crippen molar-refractivity contribution in [1.82, 2.24) is 10.6 Å². The van der Waals surface area contributed by atoms with Gasteiger partial charge in [-0.1, -0.05) is 50.2 Å². The van der Waals surface area contributed by atoms with E-state index in [0.29, 0.717) is 23.0 Å². The third kappa shape index (κ3) is 6.71. The number of nitrogens with one attached hydrogen (secondary N) is 2. The first-order valence-electron chi connectivity index (χ1n) is 11.1. The molecule has 6 nitrogen and oxygen atoms in total. The molecule has 3 rings (SSSR count). The highest BCUT2D eigenvalue weighted by Gasteiger charge is 2.21. The normalized spacial score (nSPS) is 12.2. The van der Waals surface area contributed by atoms with E-state index in [9.17, 15) is 9.59 Å². The third-order valence-corrected chi connectivity index (χ3v) is 6.00. The molecule has 0 radical (unpaired) electrons. The fourth-order valence-electron chi connectivity index (χ4n) is 3.52. The van der Waals surface area contributed by atoms with Crippen molar-refractivity contribution >= 4 is 29.2 Å². The Morgan fingerprint density at radius 2 is 1.71 bits per heavy atom. The van der Waals surface area contributed by atoms with Gasteiger partial charge in [0.15, 0.2) is 11.5 Å². The molecule has 3 aromatic rings. The van der Waals surface area contributed by atoms with Gasteiger partial charge in [-0.3, -0.25) is 9.59 Å². The van der Waals surface area contributed by atoms with Crippen LogP contribution in [-0.2, 0) is 4.79 Å². The van der Waals surface area contributed by atoms with Crippen molar-refractivity contribution < 1.29 is 19.1 Å². The van der Waals surface area contributed by atoms with Crippen LogP contribution in [-0.4, -0.2) is 26.0 Å². The van der Waals surface area contributed by atoms with Crippen molar-refractivity contribution in [2.45, 2.75) is 26.3 Å². The van der Waals surface area contributed by atoms with Gasteiger partial charge in [-0.05, 0) is 53.6 Å². The number of hydrogen-bond acceptors (Lipinski definition) is 5. The maximum absolute atomic E-state index is 13.4. The molecule has 2 amide bonds. The van der Waals surface area contributed by atoms with Crippen LogP contribution in [0.3, 0.4) is 0 Å². The van der Waals surface area contributed by atoms with Gasteiger partial charge in [0.2, 0.25) is 0 Å². The number of benzene rings is 2. The third-order valence-electron chi connectivity index (χ3n) is 5.18. The summed E-state index contributed by atoms with van der Waals surface area (Å²) in [6.45, 7) is 4.23. The van der Waals surface area contributed by atoms with E-state index in [1.165, 1.54) is 25.6 Å². The lowest BCUT2D eigenvalue weighted by atomic mass is 9.97. The molecule has 0 aliphatic heterocycles. The van der Waals surface area contributed by atoms with Crippen molar-refractivity contribution in [3.63, 3.8) is 0 Å². The molecule has 0 fully saturated rings. The molecule has 1 aromatic heterocycles. The van der Waals surface area contributed by atoms with Gasteiger partial charge >= 0.3 is 0 Å². The highest BCUT2D eigenvalue weighted by atomic mass is 32.1. The lowest BCUT2D eigenvalue weighted by molar-refractivity contribution is -0.118. The Balaban J connectivity index is 1.87. The number of carbonyl (C=O) groups excluding carboxylic acids is 2. The zero-order valence-electron chi connectivity index (χ0n) is 19.8. The fourth-order valence-corrected chi connectivity index (χ4v) is 4.17. The first-order chi connectivity index (χ1) is 16.4. The standard InChI is InChI=1S/C27H30N2O4S/c1-18(2)15-22(19-9-6-5-7-10-19)28-27(31)23(17-21-11-8-14-34-21)29-26(30)20-12-13-24(32-3)25(16-20)33-4/h5-14,16-18,22H,15H2,1-4H3,(H,28,31)(H,29,30)/b23-17-/t22-/m0/s1. The SMILES string of the molecule is COc1ccc(C(=O)N/C(=C\c2cccs2)C(=O)N[C@@H](CC(C)C)c2ccccc2)cc1OC. The van der Waals surface area contributed by atoms with E-state index < -0.39 is 5.91 Å². The van der Waals surface area contributed by atoms with Gasteiger partial charge in [0.05, 0.1) is 20.3 Å². The minimum absolute atomic E-state index is 0.173. The molecule has 0 unspecified atom stereocenters. The summed E-state index contributed by atoms with van der Waals surface area (Å²) in [4.78, 5) is 27.3. The first-order valence-corrected chi connectivity index (χ1v) is 11.9. The predicted octanol–water partition coefficient (Wildman–Crippen LogP) is 5.44. The van der Waals surface area contributed by atoms with Gasteiger partial charge < -0.3 is 20.1 Å². The van der Waals surface area contributed by atoms with Crippen molar-refractivity contribution in [3.05, 3.63) is 87.7 Å². The Morgan fingerprint density at radius 1 is 0.971 bits per heavy atom. The summed E-state index contributed by atoms with van der Waals surface area (Å²) in [5, 5.41) is 7.82. The number of carbonyl (C=O) groups is 2. The van der Waals surface area contributed by atoms with Gasteiger partial charge in [0.25, 0.3) is 11.8 Å². The Kier molecular flexibility index (Phi) is 8.87. The maximum Gasteiger partial charge on any atom is 0.268 e. The molecule has 2 N–H and O–H groups in total. The van der Waals surface area contributed by atoms with Crippen molar-refractivity contribution in [3.8, 4) is 11.5 Å². The minimum atomic E-state index is -0.418. The van der Waals surface area contributed by atoms with Crippen LogP contribution in [0.5, 0.6) is 11.5 Å². The Morgan fingerprint density at radius 3 is 2.32 bits per heavy atom. The second-order valence-electron chi connectivity index (χ2n) is 8.16. The highest BCUT2D eigenvalue weighted by molar-refractivity contribution is 7.10. The van der Waals surface area contributed by atoms with Crippen molar-refractivity contribution in [2.24, 2.45) is 5.92 Å². The van der Waals surface area contributed by atoms with E-state index in [4.69, 9.17) is 9.47 Å². The topological polar surface area (TPSA) is 76.7 Å². The summed E-state index contributed by atoms with van der Waals surface area (Å²) in [5.74, 6) is 0.558. The van der Waals surface area contributed by atoms with E-state index >= 15 is 0 Å². The van der Waals surface area contributed by atoms with Crippen LogP contribution in [0.15, 0.2) is 71.7 Å². The fraction of sp³-hybridized carbons (Fsp3) is 0.259. The van der Waals surface area contributed by atoms with Gasteiger partial charge in [-0.2, -0.15) is 0 Å². The van der Waals surface area contributed by atoms with E-state index in [0.717, 1.165) is 16.9 Å². The number of hydrogen-bond donors (Lipinski definition) is 2. The van der Waals surface area contributed by atoms with Crippen LogP contribution in [0, 0.1) is 5.92 Å². The van der Waals surface area contributed by atoms with Crippen LogP contribution in [0.2, 0.25) is 0 Å². The van der Waals surface area contributed by atoms with E-state index in [2.05, 4.69) is 24.5 Å². The molecule has 0 aliphatic rings. The summed E-state index contributed by atoms with van der Waals surface area (Å²) in [6, 6.07) is 18.3. The molecule has 1 heterocycles. The Labute approximate surface area is 204 Å². The zero-order chi connectivity index (χ0) is 24.5. The Bertz CT molecular complexity index is 1120. The van der Waals surface area contributed by atoms with Crippen LogP contribution < -0.4 is 20.1 Å². The van der Waals surface area contributed by atoms with Crippen molar-refractivity contribution in [2.75, 3.05) is 14.2 Å². The van der Waals surface area contributed by atoms with Gasteiger partial charge in [-0.15, -0.1) is 11.3 Å². The number of amides is 2. The molecule has 2 aromatic carbocycles. The number of methoxy groups -OCH3 is 2. The molecule has 1 atom stereocenters. The van der Waals surface area contributed by atoms with Gasteiger partial charge in [0, 0.05) is 10.4 Å². The molecule has 0 aliphatic carbocycles. The summed E-state index contributed by atoms with van der Waals surface area (Å²) in [7, 11) is 3.04. The molecular weight excluding hydrogens is 448 g/mol. The van der Waals surface area contributed by atoms with Gasteiger partial charge in [0.1, 0.15) is 5.70 Å². The van der Waals surface area contributed by atoms with E-state index in [1.807, 2.05) is 47.8 Å². The van der Waals surface area contributed by atoms with E-state index in [1.54, 1.807) is 24.3 Å². The molecule has 0 saturated heterocycles. The Hall–Kier alpha value is -3.58. The molecule has 178 valence electrons. The van der Waals surface area contributed by atoms with Crippen LogP contribution in [0.25, 0.3) is 6.08 Å².